The lowest BCUT2D eigenvalue weighted by Gasteiger charge is -2.15. The van der Waals surface area contributed by atoms with Crippen molar-refractivity contribution in [3.8, 4) is 11.5 Å². The predicted molar refractivity (Wildman–Crippen MR) is 145 cm³/mol. The maximum Gasteiger partial charge on any atom is 0.344 e. The molecule has 0 spiro atoms. The Balaban J connectivity index is 1.75. The van der Waals surface area contributed by atoms with E-state index in [1.165, 1.54) is 32.1 Å². The molecule has 0 bridgehead atoms. The Morgan fingerprint density at radius 1 is 0.889 bits per heavy atom. The molecule has 36 heavy (non-hydrogen) atoms. The molecule has 6 nitrogen and oxygen atoms in total. The number of nitrogens with zero attached hydrogens (tertiary/aromatic N) is 1. The zero-order valence-electron chi connectivity index (χ0n) is 21.7. The summed E-state index contributed by atoms with van der Waals surface area (Å²) in [7, 11) is 0. The summed E-state index contributed by atoms with van der Waals surface area (Å²) in [6, 6.07) is 16.6. The van der Waals surface area contributed by atoms with Gasteiger partial charge in [0.25, 0.3) is 0 Å². The van der Waals surface area contributed by atoms with E-state index >= 15 is 0 Å². The first-order valence-electron chi connectivity index (χ1n) is 13.1. The summed E-state index contributed by atoms with van der Waals surface area (Å²) < 4.78 is 11.5. The van der Waals surface area contributed by atoms with Gasteiger partial charge in [0.1, 0.15) is 17.3 Å². The van der Waals surface area contributed by atoms with Gasteiger partial charge in [0.2, 0.25) is 0 Å². The quantitative estimate of drug-likeness (QED) is 0.125. The Labute approximate surface area is 215 Å². The van der Waals surface area contributed by atoms with Gasteiger partial charge in [0.15, 0.2) is 6.10 Å². The largest absolute Gasteiger partial charge is 0.511 e. The summed E-state index contributed by atoms with van der Waals surface area (Å²) in [5, 5.41) is 19.5. The number of hydrogen-bond acceptors (Lipinski definition) is 5. The summed E-state index contributed by atoms with van der Waals surface area (Å²) >= 11 is 0. The molecule has 2 aromatic rings. The molecule has 0 amide bonds. The van der Waals surface area contributed by atoms with Gasteiger partial charge in [-0.1, -0.05) is 82.2 Å². The highest BCUT2D eigenvalue weighted by Gasteiger charge is 2.19. The van der Waals surface area contributed by atoms with E-state index in [4.69, 9.17) is 9.47 Å². The van der Waals surface area contributed by atoms with Crippen molar-refractivity contribution in [3.05, 3.63) is 71.6 Å². The zero-order chi connectivity index (χ0) is 26.0. The highest BCUT2D eigenvalue weighted by molar-refractivity contribution is 5.80. The normalized spacial score (nSPS) is 12.8. The molecule has 0 fully saturated rings. The van der Waals surface area contributed by atoms with Crippen LogP contribution in [0.1, 0.15) is 83.6 Å². The number of aliphatic carboxylic acids is 1. The molecular formula is C30H41NO5. The minimum Gasteiger partial charge on any atom is -0.511 e. The highest BCUT2D eigenvalue weighted by atomic mass is 16.5. The molecule has 196 valence electrons. The van der Waals surface area contributed by atoms with Gasteiger partial charge >= 0.3 is 5.97 Å². The molecule has 2 N–H and O–H groups in total. The molecule has 0 saturated carbocycles. The fourth-order valence-electron chi connectivity index (χ4n) is 3.77. The number of rotatable bonds is 18. The number of ether oxygens (including phenoxy) is 2. The number of benzene rings is 2. The van der Waals surface area contributed by atoms with Crippen molar-refractivity contribution < 1.29 is 24.5 Å². The molecule has 2 rings (SSSR count). The van der Waals surface area contributed by atoms with Crippen LogP contribution in [-0.4, -0.2) is 35.1 Å². The summed E-state index contributed by atoms with van der Waals surface area (Å²) in [6.07, 6.45) is 11.2. The van der Waals surface area contributed by atoms with Gasteiger partial charge < -0.3 is 19.7 Å². The lowest BCUT2D eigenvalue weighted by Crippen LogP contribution is -2.26. The van der Waals surface area contributed by atoms with E-state index in [9.17, 15) is 15.0 Å². The third kappa shape index (κ3) is 11.9. The zero-order valence-corrected chi connectivity index (χ0v) is 21.7. The van der Waals surface area contributed by atoms with E-state index in [0.29, 0.717) is 36.6 Å². The van der Waals surface area contributed by atoms with Crippen molar-refractivity contribution in [1.82, 2.24) is 0 Å². The highest BCUT2D eigenvalue weighted by Crippen LogP contribution is 2.21. The first-order valence-corrected chi connectivity index (χ1v) is 13.1. The molecule has 0 saturated heterocycles. The number of aliphatic imine (C=N–C) groups is 1. The van der Waals surface area contributed by atoms with Gasteiger partial charge in [-0.25, -0.2) is 4.79 Å². The second-order valence-corrected chi connectivity index (χ2v) is 8.98. The second-order valence-electron chi connectivity index (χ2n) is 8.98. The van der Waals surface area contributed by atoms with Gasteiger partial charge in [0, 0.05) is 12.6 Å². The molecule has 0 heterocycles. The number of aliphatic hydroxyl groups excluding tert-OH is 1. The average molecular weight is 496 g/mol. The average Bonchev–Trinajstić information content (AvgIpc) is 2.88. The molecule has 6 heteroatoms. The van der Waals surface area contributed by atoms with E-state index in [2.05, 4.69) is 11.9 Å². The molecule has 1 atom stereocenters. The summed E-state index contributed by atoms with van der Waals surface area (Å²) in [4.78, 5) is 16.0. The Bertz CT molecular complexity index is 934. The lowest BCUT2D eigenvalue weighted by molar-refractivity contribution is -0.145. The number of carboxylic acids is 1. The minimum atomic E-state index is -0.937. The number of aliphatic hydroxyl groups is 1. The number of hydrogen-bond donors (Lipinski definition) is 2. The van der Waals surface area contributed by atoms with Crippen molar-refractivity contribution in [1.29, 1.82) is 0 Å². The van der Waals surface area contributed by atoms with Crippen LogP contribution in [0.3, 0.4) is 0 Å². The van der Waals surface area contributed by atoms with Crippen LogP contribution in [0.25, 0.3) is 0 Å². The molecule has 0 aliphatic heterocycles. The van der Waals surface area contributed by atoms with Gasteiger partial charge in [-0.05, 0) is 49.6 Å². The number of unbranched alkanes of at least 4 members (excludes halogenated alkanes) is 7. The fraction of sp³-hybridized carbons (Fsp3) is 0.467. The van der Waals surface area contributed by atoms with Gasteiger partial charge in [-0.15, -0.1) is 0 Å². The lowest BCUT2D eigenvalue weighted by atomic mass is 10.1. The van der Waals surface area contributed by atoms with Crippen LogP contribution in [0.5, 0.6) is 11.5 Å². The number of allylic oxidation sites excluding steroid dienone is 1. The molecular weight excluding hydrogens is 454 g/mol. The maximum atomic E-state index is 11.6. The minimum absolute atomic E-state index is 0.158. The first-order chi connectivity index (χ1) is 17.5. The predicted octanol–water partition coefficient (Wildman–Crippen LogP) is 7.73. The molecule has 1 unspecified atom stereocenters. The third-order valence-corrected chi connectivity index (χ3v) is 5.89. The topological polar surface area (TPSA) is 88.4 Å². The Morgan fingerprint density at radius 2 is 1.50 bits per heavy atom. The van der Waals surface area contributed by atoms with E-state index in [1.807, 2.05) is 30.3 Å². The van der Waals surface area contributed by atoms with Gasteiger partial charge in [0.05, 0.1) is 12.3 Å². The Hall–Kier alpha value is -3.28. The van der Waals surface area contributed by atoms with Crippen molar-refractivity contribution >= 4 is 12.2 Å². The van der Waals surface area contributed by atoms with Crippen molar-refractivity contribution in [2.45, 2.75) is 84.2 Å². The molecule has 0 aliphatic carbocycles. The fourth-order valence-corrected chi connectivity index (χ4v) is 3.77. The van der Waals surface area contributed by atoms with Crippen LogP contribution >= 0.6 is 0 Å². The third-order valence-electron chi connectivity index (χ3n) is 5.89. The van der Waals surface area contributed by atoms with Crippen LogP contribution in [0, 0.1) is 0 Å². The molecule has 0 radical (unpaired) electrons. The van der Waals surface area contributed by atoms with Crippen LogP contribution in [0.4, 0.5) is 0 Å². The molecule has 0 aliphatic rings. The Morgan fingerprint density at radius 3 is 2.11 bits per heavy atom. The standard InChI is InChI=1S/C30H41NO5/c1-3-4-5-6-7-8-9-13-16-29(30(33)34)36-27-19-17-26(18-20-27)35-22-21-28(24(2)32)31-23-25-14-11-10-12-15-25/h10-12,14-15,17-20,23,29,32H,3-9,13,16,21-22H2,1-2H3,(H,33,34)/b28-24-,31-23?. The van der Waals surface area contributed by atoms with Crippen LogP contribution in [0.2, 0.25) is 0 Å². The van der Waals surface area contributed by atoms with Crippen molar-refractivity contribution in [3.63, 3.8) is 0 Å². The van der Waals surface area contributed by atoms with Gasteiger partial charge in [-0.2, -0.15) is 0 Å². The summed E-state index contributed by atoms with van der Waals surface area (Å²) in [5.41, 5.74) is 1.51. The van der Waals surface area contributed by atoms with Crippen LogP contribution < -0.4 is 9.47 Å². The Kier molecular flexibility index (Phi) is 13.8. The molecule has 2 aromatic carbocycles. The van der Waals surface area contributed by atoms with Crippen LogP contribution in [0.15, 0.2) is 71.0 Å². The smallest absolute Gasteiger partial charge is 0.344 e. The second kappa shape index (κ2) is 17.2. The van der Waals surface area contributed by atoms with E-state index in [0.717, 1.165) is 24.8 Å². The summed E-state index contributed by atoms with van der Waals surface area (Å²) in [6.45, 7) is 4.16. The summed E-state index contributed by atoms with van der Waals surface area (Å²) in [5.74, 6) is 0.367. The molecule has 0 aromatic heterocycles. The van der Waals surface area contributed by atoms with Gasteiger partial charge in [-0.3, -0.25) is 4.99 Å². The van der Waals surface area contributed by atoms with Crippen molar-refractivity contribution in [2.75, 3.05) is 6.61 Å². The van der Waals surface area contributed by atoms with E-state index in [1.54, 1.807) is 37.4 Å². The van der Waals surface area contributed by atoms with Crippen molar-refractivity contribution in [2.24, 2.45) is 4.99 Å². The number of carboxylic acid groups (broad SMARTS) is 1. The van der Waals surface area contributed by atoms with Crippen LogP contribution in [-0.2, 0) is 4.79 Å². The monoisotopic (exact) mass is 495 g/mol. The SMILES string of the molecule is CCCCCCCCCCC(Oc1ccc(OCC/C(N=Cc2ccccc2)=C(\C)O)cc1)C(=O)O. The van der Waals surface area contributed by atoms with E-state index < -0.39 is 12.1 Å². The number of carbonyl (C=O) groups is 1. The van der Waals surface area contributed by atoms with E-state index in [-0.39, 0.29) is 5.76 Å². The first kappa shape index (κ1) is 29.0. The maximum absolute atomic E-state index is 11.6.